The fourth-order valence-electron chi connectivity index (χ4n) is 1.36. The maximum absolute atomic E-state index is 10.3. The molecule has 5 heteroatoms. The molecule has 1 rings (SSSR count). The summed E-state index contributed by atoms with van der Waals surface area (Å²) in [5, 5.41) is 23.2. The molecule has 2 atom stereocenters. The van der Waals surface area contributed by atoms with E-state index < -0.39 is 12.2 Å². The molecule has 4 N–H and O–H groups in total. The van der Waals surface area contributed by atoms with Gasteiger partial charge in [0.15, 0.2) is 0 Å². The average molecular weight is 174 g/mol. The van der Waals surface area contributed by atoms with E-state index in [1.807, 2.05) is 0 Å². The van der Waals surface area contributed by atoms with Gasteiger partial charge in [0.2, 0.25) is 0 Å². The molecule has 0 aromatic heterocycles. The number of carbonyl (C=O) groups is 1. The van der Waals surface area contributed by atoms with Crippen LogP contribution in [0, 0.1) is 0 Å². The van der Waals surface area contributed by atoms with Gasteiger partial charge in [-0.15, -0.1) is 0 Å². The van der Waals surface area contributed by atoms with Crippen LogP contribution in [0.25, 0.3) is 0 Å². The number of carboxylic acid groups (broad SMARTS) is 1. The van der Waals surface area contributed by atoms with E-state index in [0.29, 0.717) is 13.0 Å². The van der Waals surface area contributed by atoms with Gasteiger partial charge in [-0.1, -0.05) is 0 Å². The Bertz CT molecular complexity index is 163. The molecule has 5 nitrogen and oxygen atoms in total. The Kier molecular flexibility index (Phi) is 3.31. The van der Waals surface area contributed by atoms with E-state index in [9.17, 15) is 9.90 Å². The Morgan fingerprint density at radius 1 is 1.58 bits per heavy atom. The maximum Gasteiger partial charge on any atom is 0.404 e. The summed E-state index contributed by atoms with van der Waals surface area (Å²) in [4.78, 5) is 10.3. The van der Waals surface area contributed by atoms with Crippen molar-refractivity contribution in [3.8, 4) is 0 Å². The molecule has 0 aliphatic carbocycles. The van der Waals surface area contributed by atoms with Crippen molar-refractivity contribution in [3.63, 3.8) is 0 Å². The van der Waals surface area contributed by atoms with E-state index in [4.69, 9.17) is 5.11 Å². The highest BCUT2D eigenvalue weighted by molar-refractivity contribution is 5.64. The summed E-state index contributed by atoms with van der Waals surface area (Å²) in [6, 6.07) is -0.322. The van der Waals surface area contributed by atoms with Crippen LogP contribution in [-0.4, -0.2) is 41.5 Å². The monoisotopic (exact) mass is 174 g/mol. The molecule has 0 aromatic rings. The second-order valence-corrected chi connectivity index (χ2v) is 2.97. The van der Waals surface area contributed by atoms with Crippen LogP contribution < -0.4 is 10.6 Å². The van der Waals surface area contributed by atoms with Crippen LogP contribution in [-0.2, 0) is 0 Å². The summed E-state index contributed by atoms with van der Waals surface area (Å²) >= 11 is 0. The van der Waals surface area contributed by atoms with Crippen LogP contribution in [0.3, 0.4) is 0 Å². The summed E-state index contributed by atoms with van der Waals surface area (Å²) < 4.78 is 0. The van der Waals surface area contributed by atoms with E-state index in [-0.39, 0.29) is 6.04 Å². The maximum atomic E-state index is 10.3. The van der Waals surface area contributed by atoms with E-state index in [1.165, 1.54) is 0 Å². The van der Waals surface area contributed by atoms with Gasteiger partial charge in [0, 0.05) is 6.54 Å². The van der Waals surface area contributed by atoms with Crippen LogP contribution in [0.4, 0.5) is 4.79 Å². The third kappa shape index (κ3) is 2.67. The van der Waals surface area contributed by atoms with Gasteiger partial charge in [-0.2, -0.15) is 0 Å². The summed E-state index contributed by atoms with van der Waals surface area (Å²) in [6.45, 7) is 1.31. The molecule has 0 bridgehead atoms. The van der Waals surface area contributed by atoms with Crippen molar-refractivity contribution in [1.29, 1.82) is 0 Å². The Balaban J connectivity index is 2.41. The Hall–Kier alpha value is -0.810. The fourth-order valence-corrected chi connectivity index (χ4v) is 1.36. The Labute approximate surface area is 70.8 Å². The zero-order valence-electron chi connectivity index (χ0n) is 6.79. The zero-order chi connectivity index (χ0) is 8.97. The first-order chi connectivity index (χ1) is 5.70. The van der Waals surface area contributed by atoms with Gasteiger partial charge in [-0.05, 0) is 19.4 Å². The first-order valence-electron chi connectivity index (χ1n) is 4.08. The van der Waals surface area contributed by atoms with Crippen molar-refractivity contribution in [3.05, 3.63) is 0 Å². The number of amides is 1. The molecule has 1 aliphatic heterocycles. The molecular formula is C7H14N2O3. The molecule has 2 unspecified atom stereocenters. The number of hydrogen-bond acceptors (Lipinski definition) is 3. The van der Waals surface area contributed by atoms with Crippen molar-refractivity contribution >= 4 is 6.09 Å². The van der Waals surface area contributed by atoms with Crippen molar-refractivity contribution in [1.82, 2.24) is 10.6 Å². The highest BCUT2D eigenvalue weighted by atomic mass is 16.4. The smallest absolute Gasteiger partial charge is 0.404 e. The van der Waals surface area contributed by atoms with Crippen molar-refractivity contribution in [2.75, 3.05) is 13.1 Å². The molecular weight excluding hydrogens is 160 g/mol. The Morgan fingerprint density at radius 3 is 3.00 bits per heavy atom. The van der Waals surface area contributed by atoms with Crippen molar-refractivity contribution < 1.29 is 15.0 Å². The summed E-state index contributed by atoms with van der Waals surface area (Å²) in [7, 11) is 0. The molecule has 1 aliphatic rings. The Morgan fingerprint density at radius 2 is 2.33 bits per heavy atom. The number of hydrogen-bond donors (Lipinski definition) is 4. The van der Waals surface area contributed by atoms with Gasteiger partial charge in [0.1, 0.15) is 0 Å². The first-order valence-corrected chi connectivity index (χ1v) is 4.08. The topological polar surface area (TPSA) is 81.6 Å². The molecule has 70 valence electrons. The normalized spacial score (nSPS) is 30.8. The highest BCUT2D eigenvalue weighted by Gasteiger charge is 2.22. The molecule has 1 saturated heterocycles. The molecule has 0 radical (unpaired) electrons. The number of aliphatic hydroxyl groups excluding tert-OH is 1. The second-order valence-electron chi connectivity index (χ2n) is 2.97. The molecule has 0 aromatic carbocycles. The van der Waals surface area contributed by atoms with Gasteiger partial charge >= 0.3 is 6.09 Å². The predicted molar refractivity (Wildman–Crippen MR) is 43.1 cm³/mol. The average Bonchev–Trinajstić information content (AvgIpc) is 2.16. The molecule has 12 heavy (non-hydrogen) atoms. The minimum Gasteiger partial charge on any atom is -0.465 e. The molecule has 1 amide bonds. The van der Waals surface area contributed by atoms with Crippen LogP contribution in [0.15, 0.2) is 0 Å². The van der Waals surface area contributed by atoms with Gasteiger partial charge in [-0.3, -0.25) is 0 Å². The lowest BCUT2D eigenvalue weighted by molar-refractivity contribution is 0.122. The number of β-amino-alcohol motifs (C(OH)–C–C–N with tert-alkyl or cyclic N) is 1. The van der Waals surface area contributed by atoms with Crippen LogP contribution >= 0.6 is 0 Å². The van der Waals surface area contributed by atoms with E-state index in [0.717, 1.165) is 13.0 Å². The van der Waals surface area contributed by atoms with Gasteiger partial charge in [-0.25, -0.2) is 4.79 Å². The number of nitrogens with one attached hydrogen (secondary N) is 2. The van der Waals surface area contributed by atoms with Crippen LogP contribution in [0.2, 0.25) is 0 Å². The third-order valence-electron chi connectivity index (χ3n) is 2.00. The van der Waals surface area contributed by atoms with Crippen molar-refractivity contribution in [2.24, 2.45) is 0 Å². The molecule has 0 saturated carbocycles. The lowest BCUT2D eigenvalue weighted by Crippen LogP contribution is -2.44. The highest BCUT2D eigenvalue weighted by Crippen LogP contribution is 2.05. The fraction of sp³-hybridized carbons (Fsp3) is 0.857. The minimum atomic E-state index is -1.07. The first kappa shape index (κ1) is 9.28. The lowest BCUT2D eigenvalue weighted by Gasteiger charge is -2.19. The number of rotatable bonds is 1. The predicted octanol–water partition coefficient (Wildman–Crippen LogP) is -0.633. The second kappa shape index (κ2) is 4.27. The van der Waals surface area contributed by atoms with Gasteiger partial charge in [0.25, 0.3) is 0 Å². The van der Waals surface area contributed by atoms with E-state index >= 15 is 0 Å². The molecule has 1 heterocycles. The molecule has 1 fully saturated rings. The van der Waals surface area contributed by atoms with Crippen molar-refractivity contribution in [2.45, 2.75) is 25.0 Å². The lowest BCUT2D eigenvalue weighted by atomic mass is 10.1. The largest absolute Gasteiger partial charge is 0.465 e. The SMILES string of the molecule is O=C(O)NC1CCCNCC1O. The standard InChI is InChI=1S/C7H14N2O3/c10-6-4-8-3-1-2-5(6)9-7(11)12/h5-6,8-10H,1-4H2,(H,11,12). The number of aliphatic hydroxyl groups is 1. The third-order valence-corrected chi connectivity index (χ3v) is 2.00. The summed E-state index contributed by atoms with van der Waals surface area (Å²) in [6.07, 6.45) is -0.0906. The zero-order valence-corrected chi connectivity index (χ0v) is 6.79. The quantitative estimate of drug-likeness (QED) is 0.426. The van der Waals surface area contributed by atoms with E-state index in [2.05, 4.69) is 10.6 Å². The summed E-state index contributed by atoms with van der Waals surface area (Å²) in [5.41, 5.74) is 0. The van der Waals surface area contributed by atoms with Gasteiger partial charge in [0.05, 0.1) is 12.1 Å². The van der Waals surface area contributed by atoms with Crippen LogP contribution in [0.1, 0.15) is 12.8 Å². The van der Waals surface area contributed by atoms with Crippen LogP contribution in [0.5, 0.6) is 0 Å². The van der Waals surface area contributed by atoms with Gasteiger partial charge < -0.3 is 20.8 Å². The van der Waals surface area contributed by atoms with E-state index in [1.54, 1.807) is 0 Å². The minimum absolute atomic E-state index is 0.322. The summed E-state index contributed by atoms with van der Waals surface area (Å²) in [5.74, 6) is 0. The molecule has 0 spiro atoms.